The second-order valence-corrected chi connectivity index (χ2v) is 10.5. The number of ether oxygens (including phenoxy) is 1. The van der Waals surface area contributed by atoms with Crippen molar-refractivity contribution in [3.63, 3.8) is 0 Å². The standard InChI is InChI=1S/C24H33N5O6S2/c1-4-16-22(32)29-21(14(2)3)24(34)35-15(7-5-6-10-36-20(31)8-9-25)11-18(30)26-12-19-27-17(13-37-19)23(33)28-16/h4-5,7,13-15,21H,6,8-12,25H2,1-3H3,(H,26,30)(H,28,33)(H,29,32)/t15-,21+/m1/s1. The van der Waals surface area contributed by atoms with Crippen molar-refractivity contribution in [3.8, 4) is 0 Å². The lowest BCUT2D eigenvalue weighted by molar-refractivity contribution is -0.153. The van der Waals surface area contributed by atoms with E-state index < -0.39 is 29.9 Å². The first-order valence-corrected chi connectivity index (χ1v) is 13.7. The number of fused-ring (bicyclic) bond motifs is 2. The molecule has 5 N–H and O–H groups in total. The average molecular weight is 552 g/mol. The van der Waals surface area contributed by atoms with Gasteiger partial charge in [-0.2, -0.15) is 0 Å². The number of nitrogens with one attached hydrogen (secondary N) is 3. The lowest BCUT2D eigenvalue weighted by Gasteiger charge is -2.24. The molecule has 0 saturated heterocycles. The van der Waals surface area contributed by atoms with E-state index in [9.17, 15) is 24.0 Å². The van der Waals surface area contributed by atoms with Gasteiger partial charge in [-0.05, 0) is 25.3 Å². The van der Waals surface area contributed by atoms with Crippen LogP contribution < -0.4 is 21.7 Å². The summed E-state index contributed by atoms with van der Waals surface area (Å²) in [5, 5.41) is 9.88. The molecule has 13 heteroatoms. The number of carbonyl (C=O) groups excluding carboxylic acids is 5. The van der Waals surface area contributed by atoms with E-state index in [0.29, 0.717) is 30.1 Å². The van der Waals surface area contributed by atoms with Gasteiger partial charge in [-0.25, -0.2) is 9.78 Å². The van der Waals surface area contributed by atoms with Crippen LogP contribution in [0.15, 0.2) is 29.3 Å². The summed E-state index contributed by atoms with van der Waals surface area (Å²) in [6.45, 7) is 5.45. The van der Waals surface area contributed by atoms with Crippen LogP contribution in [-0.4, -0.2) is 58.2 Å². The lowest BCUT2D eigenvalue weighted by Crippen LogP contribution is -2.48. The maximum Gasteiger partial charge on any atom is 0.329 e. The van der Waals surface area contributed by atoms with Gasteiger partial charge >= 0.3 is 5.97 Å². The number of allylic oxidation sites excluding steroid dienone is 2. The highest BCUT2D eigenvalue weighted by molar-refractivity contribution is 8.13. The molecule has 0 aliphatic carbocycles. The van der Waals surface area contributed by atoms with Gasteiger partial charge in [-0.15, -0.1) is 11.3 Å². The van der Waals surface area contributed by atoms with Crippen LogP contribution in [0.2, 0.25) is 0 Å². The predicted octanol–water partition coefficient (Wildman–Crippen LogP) is 1.40. The van der Waals surface area contributed by atoms with Gasteiger partial charge in [0.15, 0.2) is 5.12 Å². The molecule has 11 nitrogen and oxygen atoms in total. The molecule has 0 fully saturated rings. The number of thioether (sulfide) groups is 1. The highest BCUT2D eigenvalue weighted by Gasteiger charge is 2.30. The first-order valence-electron chi connectivity index (χ1n) is 11.9. The zero-order valence-corrected chi connectivity index (χ0v) is 22.7. The fourth-order valence-corrected chi connectivity index (χ4v) is 4.60. The van der Waals surface area contributed by atoms with Crippen LogP contribution in [0.3, 0.4) is 0 Å². The number of hydrogen-bond acceptors (Lipinski definition) is 10. The summed E-state index contributed by atoms with van der Waals surface area (Å²) in [5.41, 5.74) is 5.46. The Kier molecular flexibility index (Phi) is 12.5. The molecule has 1 aromatic heterocycles. The van der Waals surface area contributed by atoms with Gasteiger partial charge in [-0.3, -0.25) is 19.2 Å². The van der Waals surface area contributed by atoms with Crippen molar-refractivity contribution in [2.24, 2.45) is 11.7 Å². The summed E-state index contributed by atoms with van der Waals surface area (Å²) in [6.07, 6.45) is 4.55. The summed E-state index contributed by atoms with van der Waals surface area (Å²) in [6, 6.07) is -1.03. The third-order valence-corrected chi connectivity index (χ3v) is 6.93. The highest BCUT2D eigenvalue weighted by Crippen LogP contribution is 2.14. The number of nitrogens with two attached hydrogens (primary N) is 1. The number of cyclic esters (lactones) is 1. The summed E-state index contributed by atoms with van der Waals surface area (Å²) >= 11 is 2.36. The molecule has 2 bridgehead atoms. The summed E-state index contributed by atoms with van der Waals surface area (Å²) in [4.78, 5) is 66.9. The Hall–Kier alpha value is -3.03. The number of rotatable bonds is 7. The Bertz CT molecular complexity index is 1050. The SMILES string of the molecule is CC=C1NC(=O)c2csc(n2)CNC(=O)C[C@@H](C=CCCSC(=O)CCN)OC(=O)[C@H](C(C)C)NC1=O. The second kappa shape index (κ2) is 15.3. The van der Waals surface area contributed by atoms with Gasteiger partial charge in [0, 0.05) is 24.1 Å². The topological polar surface area (TPSA) is 170 Å². The maximum atomic E-state index is 13.0. The fourth-order valence-electron chi connectivity index (χ4n) is 3.14. The maximum absolute atomic E-state index is 13.0. The Morgan fingerprint density at radius 3 is 2.73 bits per heavy atom. The van der Waals surface area contributed by atoms with Gasteiger partial charge in [0.1, 0.15) is 28.5 Å². The van der Waals surface area contributed by atoms with E-state index in [4.69, 9.17) is 10.5 Å². The van der Waals surface area contributed by atoms with Crippen molar-refractivity contribution in [3.05, 3.63) is 40.0 Å². The van der Waals surface area contributed by atoms with E-state index in [0.717, 1.165) is 0 Å². The van der Waals surface area contributed by atoms with Gasteiger partial charge in [0.2, 0.25) is 5.91 Å². The lowest BCUT2D eigenvalue weighted by atomic mass is 10.0. The molecule has 1 aromatic rings. The molecular formula is C24H33N5O6S2. The number of amides is 3. The van der Waals surface area contributed by atoms with Gasteiger partial charge in [0.05, 0.1) is 13.0 Å². The Labute approximate surface area is 224 Å². The third-order valence-electron chi connectivity index (χ3n) is 5.11. The summed E-state index contributed by atoms with van der Waals surface area (Å²) in [7, 11) is 0. The van der Waals surface area contributed by atoms with Gasteiger partial charge < -0.3 is 26.4 Å². The molecule has 1 aliphatic heterocycles. The molecule has 0 unspecified atom stereocenters. The van der Waals surface area contributed by atoms with Gasteiger partial charge in [0.25, 0.3) is 11.8 Å². The minimum absolute atomic E-state index is 0.00367. The molecule has 2 rings (SSSR count). The zero-order chi connectivity index (χ0) is 27.4. The Balaban J connectivity index is 2.24. The minimum Gasteiger partial charge on any atom is -0.456 e. The molecular weight excluding hydrogens is 518 g/mol. The van der Waals surface area contributed by atoms with E-state index in [2.05, 4.69) is 20.9 Å². The molecule has 0 aromatic carbocycles. The van der Waals surface area contributed by atoms with Crippen LogP contribution in [0.4, 0.5) is 0 Å². The number of nitrogens with zero attached hydrogens (tertiary/aromatic N) is 1. The predicted molar refractivity (Wildman–Crippen MR) is 141 cm³/mol. The molecule has 2 atom stereocenters. The molecule has 2 heterocycles. The number of esters is 1. The van der Waals surface area contributed by atoms with Crippen molar-refractivity contribution in [2.75, 3.05) is 12.3 Å². The number of hydrogen-bond donors (Lipinski definition) is 4. The molecule has 1 aliphatic rings. The van der Waals surface area contributed by atoms with E-state index in [-0.39, 0.29) is 41.3 Å². The van der Waals surface area contributed by atoms with Crippen LogP contribution in [0, 0.1) is 5.92 Å². The molecule has 202 valence electrons. The molecule has 0 saturated carbocycles. The van der Waals surface area contributed by atoms with Crippen molar-refractivity contribution >= 4 is 51.9 Å². The normalized spacial score (nSPS) is 21.1. The molecule has 3 amide bonds. The minimum atomic E-state index is -1.03. The van der Waals surface area contributed by atoms with Crippen LogP contribution >= 0.6 is 23.1 Å². The van der Waals surface area contributed by atoms with Crippen molar-refractivity contribution in [2.45, 2.75) is 58.7 Å². The number of aromatic nitrogens is 1. The number of thiazole rings is 1. The fraction of sp³-hybridized carbons (Fsp3) is 0.500. The van der Waals surface area contributed by atoms with Crippen molar-refractivity contribution in [1.29, 1.82) is 0 Å². The van der Waals surface area contributed by atoms with Crippen LogP contribution in [0.5, 0.6) is 0 Å². The van der Waals surface area contributed by atoms with Crippen molar-refractivity contribution < 1.29 is 28.7 Å². The monoisotopic (exact) mass is 551 g/mol. The first kappa shape index (κ1) is 30.2. The quantitative estimate of drug-likeness (QED) is 0.169. The molecule has 37 heavy (non-hydrogen) atoms. The van der Waals surface area contributed by atoms with E-state index in [1.807, 2.05) is 0 Å². The zero-order valence-electron chi connectivity index (χ0n) is 21.1. The largest absolute Gasteiger partial charge is 0.456 e. The Morgan fingerprint density at radius 2 is 2.05 bits per heavy atom. The summed E-state index contributed by atoms with van der Waals surface area (Å²) in [5.74, 6) is -2.15. The average Bonchev–Trinajstić information content (AvgIpc) is 3.32. The van der Waals surface area contributed by atoms with E-state index in [1.165, 1.54) is 34.6 Å². The molecule has 0 radical (unpaired) electrons. The van der Waals surface area contributed by atoms with E-state index in [1.54, 1.807) is 32.9 Å². The van der Waals surface area contributed by atoms with Crippen LogP contribution in [0.1, 0.15) is 55.5 Å². The highest BCUT2D eigenvalue weighted by atomic mass is 32.2. The second-order valence-electron chi connectivity index (χ2n) is 8.41. The Morgan fingerprint density at radius 1 is 1.30 bits per heavy atom. The first-order chi connectivity index (χ1) is 17.6. The van der Waals surface area contributed by atoms with Crippen LogP contribution in [-0.2, 0) is 30.5 Å². The van der Waals surface area contributed by atoms with Gasteiger partial charge in [-0.1, -0.05) is 37.8 Å². The van der Waals surface area contributed by atoms with Crippen molar-refractivity contribution in [1.82, 2.24) is 20.9 Å². The van der Waals surface area contributed by atoms with E-state index >= 15 is 0 Å². The smallest absolute Gasteiger partial charge is 0.329 e. The molecule has 0 spiro atoms. The summed E-state index contributed by atoms with van der Waals surface area (Å²) < 4.78 is 5.62. The third kappa shape index (κ3) is 10.1. The number of carbonyl (C=O) groups is 5. The van der Waals surface area contributed by atoms with Crippen LogP contribution in [0.25, 0.3) is 0 Å².